The maximum atomic E-state index is 10.3. The Hall–Kier alpha value is -0.860. The molecule has 0 fully saturated rings. The molecule has 0 radical (unpaired) electrons. The Bertz CT molecular complexity index is 312. The molecule has 1 aromatic carbocycles. The highest BCUT2D eigenvalue weighted by Gasteiger charge is 2.23. The Balaban J connectivity index is 2.72. The molecule has 2 heteroatoms. The molecule has 0 bridgehead atoms. The third-order valence-corrected chi connectivity index (χ3v) is 2.68. The van der Waals surface area contributed by atoms with Crippen molar-refractivity contribution in [2.45, 2.75) is 45.8 Å². The average Bonchev–Trinajstić information content (AvgIpc) is 2.27. The Morgan fingerprint density at radius 3 is 2.25 bits per heavy atom. The fourth-order valence-corrected chi connectivity index (χ4v) is 1.51. The van der Waals surface area contributed by atoms with E-state index in [2.05, 4.69) is 19.1 Å². The number of rotatable bonds is 5. The highest BCUT2D eigenvalue weighted by molar-refractivity contribution is 5.26. The normalized spacial score (nSPS) is 15.1. The van der Waals surface area contributed by atoms with Gasteiger partial charge in [-0.2, -0.15) is 0 Å². The number of aliphatic hydroxyl groups is 1. The van der Waals surface area contributed by atoms with Crippen LogP contribution in [0, 0.1) is 0 Å². The van der Waals surface area contributed by atoms with Crippen molar-refractivity contribution < 1.29 is 9.84 Å². The van der Waals surface area contributed by atoms with Crippen LogP contribution in [0.2, 0.25) is 0 Å². The minimum atomic E-state index is -0.906. The van der Waals surface area contributed by atoms with E-state index in [0.717, 1.165) is 12.0 Å². The minimum absolute atomic E-state index is 0.140. The summed E-state index contributed by atoms with van der Waals surface area (Å²) in [4.78, 5) is 0. The second-order valence-corrected chi connectivity index (χ2v) is 4.68. The highest BCUT2D eigenvalue weighted by atomic mass is 16.5. The maximum absolute atomic E-state index is 10.3. The fraction of sp³-hybridized carbons (Fsp3) is 0.571. The summed E-state index contributed by atoms with van der Waals surface area (Å²) in [6, 6.07) is 8.06. The van der Waals surface area contributed by atoms with Crippen molar-refractivity contribution in [1.29, 1.82) is 0 Å². The number of hydrogen-bond acceptors (Lipinski definition) is 2. The predicted octanol–water partition coefficient (Wildman–Crippen LogP) is 2.88. The number of aryl methyl sites for hydroxylation is 1. The van der Waals surface area contributed by atoms with Crippen molar-refractivity contribution in [1.82, 2.24) is 0 Å². The summed E-state index contributed by atoms with van der Waals surface area (Å²) in [5.74, 6) is 0. The third-order valence-electron chi connectivity index (χ3n) is 2.68. The molecule has 0 amide bonds. The van der Waals surface area contributed by atoms with E-state index in [4.69, 9.17) is 4.74 Å². The summed E-state index contributed by atoms with van der Waals surface area (Å²) in [5.41, 5.74) is 1.28. The maximum Gasteiger partial charge on any atom is 0.110 e. The molecule has 1 aromatic rings. The van der Waals surface area contributed by atoms with Crippen LogP contribution in [0.3, 0.4) is 0 Å². The molecule has 1 unspecified atom stereocenters. The van der Waals surface area contributed by atoms with Gasteiger partial charge in [0.15, 0.2) is 0 Å². The zero-order valence-electron chi connectivity index (χ0n) is 10.7. The van der Waals surface area contributed by atoms with E-state index in [1.165, 1.54) is 5.56 Å². The van der Waals surface area contributed by atoms with E-state index in [-0.39, 0.29) is 6.10 Å². The first-order valence-electron chi connectivity index (χ1n) is 5.89. The molecule has 16 heavy (non-hydrogen) atoms. The van der Waals surface area contributed by atoms with Crippen LogP contribution < -0.4 is 0 Å². The van der Waals surface area contributed by atoms with Crippen LogP contribution in [-0.4, -0.2) is 17.8 Å². The molecule has 0 saturated carbocycles. The first-order chi connectivity index (χ1) is 7.45. The molecule has 0 aliphatic rings. The molecule has 1 atom stereocenters. The summed E-state index contributed by atoms with van der Waals surface area (Å²) in [6.07, 6.45) is 1.16. The standard InChI is InChI=1S/C14H22O2/c1-5-12-6-8-13(9-7-12)14(4,15)10-16-11(2)3/h6-9,11,15H,5,10H2,1-4H3. The molecule has 0 aromatic heterocycles. The third kappa shape index (κ3) is 3.62. The van der Waals surface area contributed by atoms with Crippen LogP contribution in [0.5, 0.6) is 0 Å². The molecular weight excluding hydrogens is 200 g/mol. The molecule has 90 valence electrons. The Kier molecular flexibility index (Phi) is 4.51. The van der Waals surface area contributed by atoms with Crippen LogP contribution in [0.4, 0.5) is 0 Å². The second kappa shape index (κ2) is 5.46. The van der Waals surface area contributed by atoms with Gasteiger partial charge in [0.25, 0.3) is 0 Å². The van der Waals surface area contributed by atoms with Gasteiger partial charge in [0.05, 0.1) is 12.7 Å². The topological polar surface area (TPSA) is 29.5 Å². The molecule has 2 nitrogen and oxygen atoms in total. The Morgan fingerprint density at radius 2 is 1.81 bits per heavy atom. The van der Waals surface area contributed by atoms with Gasteiger partial charge >= 0.3 is 0 Å². The van der Waals surface area contributed by atoms with Crippen molar-refractivity contribution in [3.63, 3.8) is 0 Å². The highest BCUT2D eigenvalue weighted by Crippen LogP contribution is 2.22. The quantitative estimate of drug-likeness (QED) is 0.830. The molecule has 0 heterocycles. The number of hydrogen-bond donors (Lipinski definition) is 1. The van der Waals surface area contributed by atoms with Gasteiger partial charge in [0, 0.05) is 0 Å². The fourth-order valence-electron chi connectivity index (χ4n) is 1.51. The zero-order valence-corrected chi connectivity index (χ0v) is 10.7. The molecule has 0 saturated heterocycles. The number of benzene rings is 1. The largest absolute Gasteiger partial charge is 0.383 e. The summed E-state index contributed by atoms with van der Waals surface area (Å²) in [5, 5.41) is 10.3. The van der Waals surface area contributed by atoms with E-state index in [9.17, 15) is 5.11 Å². The zero-order chi connectivity index (χ0) is 12.2. The van der Waals surface area contributed by atoms with Crippen LogP contribution >= 0.6 is 0 Å². The van der Waals surface area contributed by atoms with E-state index >= 15 is 0 Å². The van der Waals surface area contributed by atoms with Gasteiger partial charge in [-0.15, -0.1) is 0 Å². The van der Waals surface area contributed by atoms with Gasteiger partial charge in [0.2, 0.25) is 0 Å². The summed E-state index contributed by atoms with van der Waals surface area (Å²) >= 11 is 0. The summed E-state index contributed by atoms with van der Waals surface area (Å²) in [6.45, 7) is 8.17. The van der Waals surface area contributed by atoms with Gasteiger partial charge in [-0.25, -0.2) is 0 Å². The second-order valence-electron chi connectivity index (χ2n) is 4.68. The minimum Gasteiger partial charge on any atom is -0.383 e. The van der Waals surface area contributed by atoms with Gasteiger partial charge in [-0.3, -0.25) is 0 Å². The molecule has 1 rings (SSSR count). The van der Waals surface area contributed by atoms with Gasteiger partial charge in [-0.05, 0) is 38.3 Å². The predicted molar refractivity (Wildman–Crippen MR) is 66.5 cm³/mol. The first kappa shape index (κ1) is 13.2. The Labute approximate surface area is 98.3 Å². The van der Waals surface area contributed by atoms with E-state index in [1.807, 2.05) is 26.0 Å². The monoisotopic (exact) mass is 222 g/mol. The summed E-state index contributed by atoms with van der Waals surface area (Å²) < 4.78 is 5.47. The van der Waals surface area contributed by atoms with Crippen molar-refractivity contribution in [3.05, 3.63) is 35.4 Å². The van der Waals surface area contributed by atoms with Gasteiger partial charge in [-0.1, -0.05) is 31.2 Å². The average molecular weight is 222 g/mol. The van der Waals surface area contributed by atoms with Crippen molar-refractivity contribution in [2.75, 3.05) is 6.61 Å². The van der Waals surface area contributed by atoms with Crippen molar-refractivity contribution in [3.8, 4) is 0 Å². The SMILES string of the molecule is CCc1ccc(C(C)(O)COC(C)C)cc1. The lowest BCUT2D eigenvalue weighted by atomic mass is 9.95. The molecule has 0 aliphatic carbocycles. The summed E-state index contributed by atoms with van der Waals surface area (Å²) in [7, 11) is 0. The van der Waals surface area contributed by atoms with E-state index in [0.29, 0.717) is 6.61 Å². The molecular formula is C14H22O2. The van der Waals surface area contributed by atoms with Gasteiger partial charge < -0.3 is 9.84 Å². The van der Waals surface area contributed by atoms with E-state index in [1.54, 1.807) is 6.92 Å². The first-order valence-corrected chi connectivity index (χ1v) is 5.89. The lowest BCUT2D eigenvalue weighted by Crippen LogP contribution is -2.29. The van der Waals surface area contributed by atoms with Crippen LogP contribution in [-0.2, 0) is 16.8 Å². The van der Waals surface area contributed by atoms with Crippen LogP contribution in [0.25, 0.3) is 0 Å². The molecule has 0 spiro atoms. The number of ether oxygens (including phenoxy) is 1. The Morgan fingerprint density at radius 1 is 1.25 bits per heavy atom. The van der Waals surface area contributed by atoms with Crippen LogP contribution in [0.1, 0.15) is 38.8 Å². The van der Waals surface area contributed by atoms with Crippen molar-refractivity contribution >= 4 is 0 Å². The smallest absolute Gasteiger partial charge is 0.110 e. The lowest BCUT2D eigenvalue weighted by molar-refractivity contribution is -0.0574. The lowest BCUT2D eigenvalue weighted by Gasteiger charge is -2.25. The van der Waals surface area contributed by atoms with Crippen molar-refractivity contribution in [2.24, 2.45) is 0 Å². The molecule has 0 aliphatic heterocycles. The van der Waals surface area contributed by atoms with Crippen LogP contribution in [0.15, 0.2) is 24.3 Å². The molecule has 1 N–H and O–H groups in total. The van der Waals surface area contributed by atoms with E-state index < -0.39 is 5.60 Å². The van der Waals surface area contributed by atoms with Gasteiger partial charge in [0.1, 0.15) is 5.60 Å².